The molecule has 0 heterocycles. The molecule has 0 aromatic heterocycles. The largest absolute Gasteiger partial charge is 0.541 e. The summed E-state index contributed by atoms with van der Waals surface area (Å²) in [4.78, 5) is 0. The molecule has 0 radical (unpaired) electrons. The Morgan fingerprint density at radius 2 is 1.37 bits per heavy atom. The van der Waals surface area contributed by atoms with Crippen LogP contribution in [0.25, 0.3) is 0 Å². The normalized spacial score (nSPS) is 13.6. The third kappa shape index (κ3) is 6.65. The maximum atomic E-state index is 6.45. The van der Waals surface area contributed by atoms with E-state index >= 15 is 0 Å². The molecule has 1 aromatic carbocycles. The summed E-state index contributed by atoms with van der Waals surface area (Å²) in [6.07, 6.45) is 2.02. The van der Waals surface area contributed by atoms with E-state index < -0.39 is 16.6 Å². The highest BCUT2D eigenvalue weighted by Crippen LogP contribution is 2.40. The first-order valence-corrected chi connectivity index (χ1v) is 15.9. The minimum Gasteiger partial charge on any atom is -0.541 e. The molecule has 27 heavy (non-hydrogen) atoms. The van der Waals surface area contributed by atoms with Gasteiger partial charge >= 0.3 is 0 Å². The summed E-state index contributed by atoms with van der Waals surface area (Å²) in [5.41, 5.74) is 1.27. The molecule has 0 unspecified atom stereocenters. The topological polar surface area (TPSA) is 27.7 Å². The number of methoxy groups -OCH3 is 1. The van der Waals surface area contributed by atoms with Crippen LogP contribution in [0.5, 0.6) is 11.5 Å². The zero-order valence-electron chi connectivity index (χ0n) is 19.6. The summed E-state index contributed by atoms with van der Waals surface area (Å²) in [6, 6.07) is 6.36. The number of hydrogen-bond acceptors (Lipinski definition) is 3. The van der Waals surface area contributed by atoms with E-state index in [2.05, 4.69) is 85.9 Å². The minimum atomic E-state index is -1.88. The Morgan fingerprint density at radius 1 is 0.815 bits per heavy atom. The summed E-state index contributed by atoms with van der Waals surface area (Å²) in [6.45, 7) is 23.6. The first-order chi connectivity index (χ1) is 12.1. The maximum absolute atomic E-state index is 6.45. The molecule has 0 aliphatic heterocycles. The van der Waals surface area contributed by atoms with Gasteiger partial charge in [0.05, 0.1) is 7.11 Å². The van der Waals surface area contributed by atoms with Crippen LogP contribution in [0.2, 0.25) is 36.3 Å². The Balaban J connectivity index is 2.73. The molecule has 0 aliphatic rings. The van der Waals surface area contributed by atoms with Gasteiger partial charge in [-0.15, -0.1) is 0 Å². The zero-order chi connectivity index (χ0) is 21.1. The number of benzene rings is 1. The zero-order valence-corrected chi connectivity index (χ0v) is 21.6. The summed E-state index contributed by atoms with van der Waals surface area (Å²) in [5, 5.41) is 0.427. The lowest BCUT2D eigenvalue weighted by molar-refractivity contribution is 0.282. The lowest BCUT2D eigenvalue weighted by atomic mass is 10.1. The summed E-state index contributed by atoms with van der Waals surface area (Å²) < 4.78 is 18.4. The average Bonchev–Trinajstić information content (AvgIpc) is 2.50. The first kappa shape index (κ1) is 24.3. The van der Waals surface area contributed by atoms with Crippen LogP contribution in [0.15, 0.2) is 18.2 Å². The molecule has 0 atom stereocenters. The van der Waals surface area contributed by atoms with Crippen LogP contribution >= 0.6 is 0 Å². The monoisotopic (exact) mass is 410 g/mol. The molecular weight excluding hydrogens is 368 g/mol. The predicted octanol–water partition coefficient (Wildman–Crippen LogP) is 7.03. The fraction of sp³-hybridized carbons (Fsp3) is 0.727. The van der Waals surface area contributed by atoms with Crippen LogP contribution in [-0.2, 0) is 10.8 Å². The molecule has 1 rings (SSSR count). The SMILES string of the molecule is COc1cc(CCCO[Si](C)(C)C(C)(C)C)ccc1O[Si](C)(C)C(C)(C)C. The fourth-order valence-corrected chi connectivity index (χ4v) is 4.31. The Bertz CT molecular complexity index is 611. The van der Waals surface area contributed by atoms with Gasteiger partial charge in [-0.2, -0.15) is 0 Å². The number of hydrogen-bond donors (Lipinski definition) is 0. The fourth-order valence-electron chi connectivity index (χ4n) is 2.20. The molecule has 0 amide bonds. The third-order valence-corrected chi connectivity index (χ3v) is 15.2. The van der Waals surface area contributed by atoms with Gasteiger partial charge in [0.25, 0.3) is 8.32 Å². The molecular formula is C22H42O3Si2. The second-order valence-electron chi connectivity index (χ2n) is 10.6. The van der Waals surface area contributed by atoms with Crippen LogP contribution in [-0.4, -0.2) is 30.4 Å². The van der Waals surface area contributed by atoms with Crippen molar-refractivity contribution in [2.45, 2.75) is 90.6 Å². The van der Waals surface area contributed by atoms with E-state index in [0.717, 1.165) is 30.9 Å². The molecule has 0 saturated carbocycles. The van der Waals surface area contributed by atoms with Crippen molar-refractivity contribution in [3.8, 4) is 11.5 Å². The van der Waals surface area contributed by atoms with Gasteiger partial charge in [0.1, 0.15) is 5.75 Å². The van der Waals surface area contributed by atoms with E-state index in [1.54, 1.807) is 7.11 Å². The molecule has 0 fully saturated rings. The molecule has 0 N–H and O–H groups in total. The van der Waals surface area contributed by atoms with Crippen molar-refractivity contribution < 1.29 is 13.6 Å². The van der Waals surface area contributed by atoms with Crippen molar-refractivity contribution in [1.82, 2.24) is 0 Å². The number of rotatable bonds is 8. The second kappa shape index (κ2) is 8.70. The van der Waals surface area contributed by atoms with Gasteiger partial charge in [0, 0.05) is 6.61 Å². The molecule has 1 aromatic rings. The van der Waals surface area contributed by atoms with Crippen molar-refractivity contribution in [3.05, 3.63) is 23.8 Å². The number of aryl methyl sites for hydroxylation is 1. The predicted molar refractivity (Wildman–Crippen MR) is 122 cm³/mol. The van der Waals surface area contributed by atoms with Crippen LogP contribution in [0.4, 0.5) is 0 Å². The molecule has 5 heteroatoms. The molecule has 0 spiro atoms. The summed E-state index contributed by atoms with van der Waals surface area (Å²) in [5.74, 6) is 1.70. The molecule has 0 aliphatic carbocycles. The van der Waals surface area contributed by atoms with Crippen molar-refractivity contribution in [2.24, 2.45) is 0 Å². The van der Waals surface area contributed by atoms with Gasteiger partial charge in [-0.25, -0.2) is 0 Å². The first-order valence-electron chi connectivity index (χ1n) is 10.1. The van der Waals surface area contributed by atoms with Crippen molar-refractivity contribution in [3.63, 3.8) is 0 Å². The highest BCUT2D eigenvalue weighted by atomic mass is 28.4. The highest BCUT2D eigenvalue weighted by Gasteiger charge is 2.39. The van der Waals surface area contributed by atoms with Gasteiger partial charge in [0.15, 0.2) is 14.1 Å². The van der Waals surface area contributed by atoms with Crippen molar-refractivity contribution in [1.29, 1.82) is 0 Å². The van der Waals surface area contributed by atoms with E-state index in [4.69, 9.17) is 13.6 Å². The van der Waals surface area contributed by atoms with Gasteiger partial charge in [-0.05, 0) is 66.8 Å². The van der Waals surface area contributed by atoms with E-state index in [9.17, 15) is 0 Å². The Labute approximate surface area is 170 Å². The van der Waals surface area contributed by atoms with Crippen LogP contribution in [0, 0.1) is 0 Å². The minimum absolute atomic E-state index is 0.164. The van der Waals surface area contributed by atoms with E-state index in [-0.39, 0.29) is 10.1 Å². The van der Waals surface area contributed by atoms with Crippen LogP contribution in [0.3, 0.4) is 0 Å². The second-order valence-corrected chi connectivity index (χ2v) is 20.1. The van der Waals surface area contributed by atoms with Crippen molar-refractivity contribution in [2.75, 3.05) is 13.7 Å². The quantitative estimate of drug-likeness (QED) is 0.340. The average molecular weight is 411 g/mol. The Hall–Kier alpha value is -0.786. The van der Waals surface area contributed by atoms with Gasteiger partial charge in [0.2, 0.25) is 0 Å². The van der Waals surface area contributed by atoms with Crippen LogP contribution < -0.4 is 9.16 Å². The summed E-state index contributed by atoms with van der Waals surface area (Å²) >= 11 is 0. The van der Waals surface area contributed by atoms with E-state index in [1.807, 2.05) is 0 Å². The lowest BCUT2D eigenvalue weighted by Crippen LogP contribution is -2.43. The highest BCUT2D eigenvalue weighted by molar-refractivity contribution is 6.75. The molecule has 156 valence electrons. The van der Waals surface area contributed by atoms with E-state index in [0.29, 0.717) is 0 Å². The summed E-state index contributed by atoms with van der Waals surface area (Å²) in [7, 11) is -1.81. The smallest absolute Gasteiger partial charge is 0.250 e. The van der Waals surface area contributed by atoms with Gasteiger partial charge < -0.3 is 13.6 Å². The van der Waals surface area contributed by atoms with E-state index in [1.165, 1.54) is 5.56 Å². The van der Waals surface area contributed by atoms with Gasteiger partial charge in [-0.3, -0.25) is 0 Å². The Morgan fingerprint density at radius 3 is 1.85 bits per heavy atom. The van der Waals surface area contributed by atoms with Crippen LogP contribution in [0.1, 0.15) is 53.5 Å². The molecule has 0 saturated heterocycles. The molecule has 0 bridgehead atoms. The third-order valence-electron chi connectivity index (χ3n) is 6.28. The standard InChI is InChI=1S/C22H42O3Si2/c1-21(2,3)26(8,9)24-16-12-13-18-14-15-19(20(17-18)23-7)25-27(10,11)22(4,5)6/h14-15,17H,12-13,16H2,1-11H3. The van der Waals surface area contributed by atoms with Crippen molar-refractivity contribution >= 4 is 16.6 Å². The number of ether oxygens (including phenoxy) is 1. The van der Waals surface area contributed by atoms with Gasteiger partial charge in [-0.1, -0.05) is 47.6 Å². The Kier molecular flexibility index (Phi) is 7.82. The molecule has 3 nitrogen and oxygen atoms in total. The maximum Gasteiger partial charge on any atom is 0.250 e. The lowest BCUT2D eigenvalue weighted by Gasteiger charge is -2.36.